The summed E-state index contributed by atoms with van der Waals surface area (Å²) < 4.78 is 1.63. The Labute approximate surface area is 97.5 Å². The largest absolute Gasteiger partial charge is 0.347 e. The monoisotopic (exact) mass is 222 g/mol. The Morgan fingerprint density at radius 2 is 1.56 bits per heavy atom. The SMILES string of the molecule is Cn1c(C(C)(C)C)cc(C(C)(C)C)nc1=O. The lowest BCUT2D eigenvalue weighted by molar-refractivity contribution is 0.502. The summed E-state index contributed by atoms with van der Waals surface area (Å²) in [7, 11) is 1.78. The Morgan fingerprint density at radius 1 is 1.06 bits per heavy atom. The zero-order chi connectivity index (χ0) is 12.7. The topological polar surface area (TPSA) is 34.9 Å². The van der Waals surface area contributed by atoms with E-state index in [1.54, 1.807) is 11.6 Å². The summed E-state index contributed by atoms with van der Waals surface area (Å²) in [5.41, 5.74) is 1.58. The van der Waals surface area contributed by atoms with E-state index >= 15 is 0 Å². The van der Waals surface area contributed by atoms with Crippen LogP contribution in [-0.2, 0) is 17.9 Å². The van der Waals surface area contributed by atoms with Gasteiger partial charge in [0.25, 0.3) is 0 Å². The highest BCUT2D eigenvalue weighted by Crippen LogP contribution is 2.25. The van der Waals surface area contributed by atoms with Crippen molar-refractivity contribution in [3.05, 3.63) is 27.9 Å². The van der Waals surface area contributed by atoms with Crippen molar-refractivity contribution in [2.24, 2.45) is 7.05 Å². The van der Waals surface area contributed by atoms with Gasteiger partial charge in [-0.2, -0.15) is 4.98 Å². The summed E-state index contributed by atoms with van der Waals surface area (Å²) in [5.74, 6) is 0. The fourth-order valence-corrected chi connectivity index (χ4v) is 1.64. The molecule has 0 amide bonds. The van der Waals surface area contributed by atoms with Gasteiger partial charge in [0.1, 0.15) is 0 Å². The molecule has 0 radical (unpaired) electrons. The predicted molar refractivity (Wildman–Crippen MR) is 66.9 cm³/mol. The molecule has 0 atom stereocenters. The van der Waals surface area contributed by atoms with Crippen LogP contribution in [0, 0.1) is 0 Å². The van der Waals surface area contributed by atoms with Crippen molar-refractivity contribution in [3.8, 4) is 0 Å². The van der Waals surface area contributed by atoms with Crippen LogP contribution in [0.15, 0.2) is 10.9 Å². The Kier molecular flexibility index (Phi) is 3.01. The third-order valence-electron chi connectivity index (χ3n) is 2.67. The quantitative estimate of drug-likeness (QED) is 0.675. The van der Waals surface area contributed by atoms with Gasteiger partial charge in [-0.3, -0.25) is 4.57 Å². The van der Waals surface area contributed by atoms with E-state index in [9.17, 15) is 4.79 Å². The summed E-state index contributed by atoms with van der Waals surface area (Å²) in [6, 6.07) is 2.04. The third-order valence-corrected chi connectivity index (χ3v) is 2.67. The van der Waals surface area contributed by atoms with Crippen LogP contribution >= 0.6 is 0 Å². The van der Waals surface area contributed by atoms with Gasteiger partial charge in [0.05, 0.1) is 5.69 Å². The molecule has 0 aliphatic carbocycles. The van der Waals surface area contributed by atoms with Gasteiger partial charge in [0, 0.05) is 23.6 Å². The third kappa shape index (κ3) is 2.52. The molecule has 1 heterocycles. The number of nitrogens with zero attached hydrogens (tertiary/aromatic N) is 2. The molecule has 0 aliphatic heterocycles. The first-order valence-corrected chi connectivity index (χ1v) is 5.62. The lowest BCUT2D eigenvalue weighted by atomic mass is 9.86. The van der Waals surface area contributed by atoms with Crippen LogP contribution in [-0.4, -0.2) is 9.55 Å². The minimum Gasteiger partial charge on any atom is -0.299 e. The van der Waals surface area contributed by atoms with Crippen LogP contribution in [0.25, 0.3) is 0 Å². The molecule has 3 heteroatoms. The second-order valence-electron chi connectivity index (χ2n) is 6.37. The summed E-state index contributed by atoms with van der Waals surface area (Å²) in [6.07, 6.45) is 0. The van der Waals surface area contributed by atoms with Crippen molar-refractivity contribution < 1.29 is 0 Å². The second-order valence-corrected chi connectivity index (χ2v) is 6.37. The van der Waals surface area contributed by atoms with Gasteiger partial charge in [-0.1, -0.05) is 41.5 Å². The van der Waals surface area contributed by atoms with Crippen molar-refractivity contribution in [1.29, 1.82) is 0 Å². The van der Waals surface area contributed by atoms with Crippen LogP contribution in [0.3, 0.4) is 0 Å². The molecule has 3 nitrogen and oxygen atoms in total. The van der Waals surface area contributed by atoms with E-state index in [0.717, 1.165) is 11.4 Å². The maximum atomic E-state index is 11.8. The first-order valence-electron chi connectivity index (χ1n) is 5.62. The molecule has 0 aliphatic rings. The molecule has 1 aromatic heterocycles. The summed E-state index contributed by atoms with van der Waals surface area (Å²) in [6.45, 7) is 12.5. The van der Waals surface area contributed by atoms with E-state index in [1.165, 1.54) is 0 Å². The standard InChI is InChI=1S/C13H22N2O/c1-12(2,3)9-8-10(13(4,5)6)15(7)11(16)14-9/h8H,1-7H3. The fourth-order valence-electron chi connectivity index (χ4n) is 1.64. The average Bonchev–Trinajstić information content (AvgIpc) is 2.05. The maximum absolute atomic E-state index is 11.8. The molecule has 0 bridgehead atoms. The van der Waals surface area contributed by atoms with E-state index in [0.29, 0.717) is 0 Å². The van der Waals surface area contributed by atoms with Crippen molar-refractivity contribution in [3.63, 3.8) is 0 Å². The Morgan fingerprint density at radius 3 is 1.94 bits per heavy atom. The Balaban J connectivity index is 3.53. The van der Waals surface area contributed by atoms with Gasteiger partial charge in [-0.15, -0.1) is 0 Å². The molecule has 1 aromatic rings. The van der Waals surface area contributed by atoms with E-state index in [1.807, 2.05) is 6.07 Å². The zero-order valence-electron chi connectivity index (χ0n) is 11.4. The molecule has 0 saturated heterocycles. The van der Waals surface area contributed by atoms with Crippen molar-refractivity contribution in [2.75, 3.05) is 0 Å². The Hall–Kier alpha value is -1.12. The highest BCUT2D eigenvalue weighted by atomic mass is 16.1. The van der Waals surface area contributed by atoms with E-state index in [-0.39, 0.29) is 16.5 Å². The first kappa shape index (κ1) is 12.9. The first-order chi connectivity index (χ1) is 7.03. The summed E-state index contributed by atoms with van der Waals surface area (Å²) in [4.78, 5) is 15.9. The number of aromatic nitrogens is 2. The molecule has 16 heavy (non-hydrogen) atoms. The molecule has 0 spiro atoms. The summed E-state index contributed by atoms with van der Waals surface area (Å²) in [5, 5.41) is 0. The van der Waals surface area contributed by atoms with Crippen LogP contribution < -0.4 is 5.69 Å². The van der Waals surface area contributed by atoms with Gasteiger partial charge >= 0.3 is 5.69 Å². The van der Waals surface area contributed by atoms with Crippen LogP contribution in [0.4, 0.5) is 0 Å². The molecule has 0 N–H and O–H groups in total. The summed E-state index contributed by atoms with van der Waals surface area (Å²) >= 11 is 0. The van der Waals surface area contributed by atoms with Gasteiger partial charge in [0.15, 0.2) is 0 Å². The predicted octanol–water partition coefficient (Wildman–Crippen LogP) is 2.38. The van der Waals surface area contributed by atoms with Gasteiger partial charge in [-0.05, 0) is 6.07 Å². The van der Waals surface area contributed by atoms with Crippen molar-refractivity contribution in [1.82, 2.24) is 9.55 Å². The molecule has 90 valence electrons. The second kappa shape index (κ2) is 3.72. The number of hydrogen-bond acceptors (Lipinski definition) is 2. The molecule has 0 saturated carbocycles. The minimum absolute atomic E-state index is 0.0448. The highest BCUT2D eigenvalue weighted by Gasteiger charge is 2.23. The highest BCUT2D eigenvalue weighted by molar-refractivity contribution is 5.21. The van der Waals surface area contributed by atoms with Gasteiger partial charge in [0.2, 0.25) is 0 Å². The number of hydrogen-bond donors (Lipinski definition) is 0. The minimum atomic E-state index is -0.169. The maximum Gasteiger partial charge on any atom is 0.347 e. The fraction of sp³-hybridized carbons (Fsp3) is 0.692. The van der Waals surface area contributed by atoms with Gasteiger partial charge in [-0.25, -0.2) is 4.79 Å². The average molecular weight is 222 g/mol. The lowest BCUT2D eigenvalue weighted by Gasteiger charge is -2.25. The Bertz CT molecular complexity index is 444. The van der Waals surface area contributed by atoms with Crippen LogP contribution in [0.2, 0.25) is 0 Å². The lowest BCUT2D eigenvalue weighted by Crippen LogP contribution is -2.32. The van der Waals surface area contributed by atoms with Crippen molar-refractivity contribution >= 4 is 0 Å². The van der Waals surface area contributed by atoms with E-state index in [2.05, 4.69) is 46.5 Å². The molecular weight excluding hydrogens is 200 g/mol. The van der Waals surface area contributed by atoms with E-state index < -0.39 is 0 Å². The molecular formula is C13H22N2O. The molecule has 0 unspecified atom stereocenters. The zero-order valence-corrected chi connectivity index (χ0v) is 11.4. The van der Waals surface area contributed by atoms with Crippen LogP contribution in [0.5, 0.6) is 0 Å². The molecule has 0 fully saturated rings. The van der Waals surface area contributed by atoms with Crippen LogP contribution in [0.1, 0.15) is 52.9 Å². The smallest absolute Gasteiger partial charge is 0.299 e. The molecule has 0 aromatic carbocycles. The number of rotatable bonds is 0. The van der Waals surface area contributed by atoms with E-state index in [4.69, 9.17) is 0 Å². The molecule has 1 rings (SSSR count). The van der Waals surface area contributed by atoms with Gasteiger partial charge < -0.3 is 0 Å². The normalized spacial score (nSPS) is 12.9. The van der Waals surface area contributed by atoms with Crippen molar-refractivity contribution in [2.45, 2.75) is 52.4 Å².